The lowest BCUT2D eigenvalue weighted by molar-refractivity contribution is 0.0926. The summed E-state index contributed by atoms with van der Waals surface area (Å²) >= 11 is 0. The molecular weight excluding hydrogens is 350 g/mol. The number of nitrogens with one attached hydrogen (secondary N) is 1. The van der Waals surface area contributed by atoms with E-state index >= 15 is 0 Å². The molecule has 3 rings (SSSR count). The number of nitrogens with zero attached hydrogens (tertiary/aromatic N) is 1. The van der Waals surface area contributed by atoms with Gasteiger partial charge in [0.25, 0.3) is 0 Å². The third kappa shape index (κ3) is 3.70. The molecule has 6 nitrogen and oxygen atoms in total. The Labute approximate surface area is 152 Å². The molecule has 7 heteroatoms. The Morgan fingerprint density at radius 1 is 1.15 bits per heavy atom. The minimum absolute atomic E-state index is 0.0259. The van der Waals surface area contributed by atoms with E-state index in [9.17, 15) is 13.2 Å². The van der Waals surface area contributed by atoms with Crippen LogP contribution in [-0.2, 0) is 10.0 Å². The van der Waals surface area contributed by atoms with E-state index in [1.54, 1.807) is 18.3 Å². The van der Waals surface area contributed by atoms with E-state index < -0.39 is 10.0 Å². The number of Topliss-reactive ketones (excluding diaryl/α,β-unsaturated/α-hetero) is 1. The highest BCUT2D eigenvalue weighted by Gasteiger charge is 2.19. The average molecular weight is 371 g/mol. The fraction of sp³-hybridized carbons (Fsp3) is 0.211. The molecule has 1 unspecified atom stereocenters. The fourth-order valence-electron chi connectivity index (χ4n) is 2.94. The predicted molar refractivity (Wildman–Crippen MR) is 101 cm³/mol. The van der Waals surface area contributed by atoms with E-state index in [4.69, 9.17) is 5.14 Å². The van der Waals surface area contributed by atoms with Gasteiger partial charge in [0.2, 0.25) is 10.0 Å². The molecule has 0 saturated heterocycles. The number of aromatic nitrogens is 1. The maximum atomic E-state index is 12.7. The van der Waals surface area contributed by atoms with Crippen molar-refractivity contribution >= 4 is 26.7 Å². The number of para-hydroxylation sites is 1. The van der Waals surface area contributed by atoms with Crippen LogP contribution >= 0.6 is 0 Å². The minimum Gasteiger partial charge on any atom is -0.360 e. The third-order valence-corrected chi connectivity index (χ3v) is 5.56. The van der Waals surface area contributed by atoms with Crippen LogP contribution in [0.5, 0.6) is 0 Å². The first kappa shape index (κ1) is 18.3. The molecule has 0 bridgehead atoms. The summed E-state index contributed by atoms with van der Waals surface area (Å²) in [7, 11) is -1.84. The summed E-state index contributed by atoms with van der Waals surface area (Å²) in [5, 5.41) is 6.04. The highest BCUT2D eigenvalue weighted by atomic mass is 32.2. The number of hydrogen-bond acceptors (Lipinski definition) is 4. The highest BCUT2D eigenvalue weighted by molar-refractivity contribution is 7.89. The summed E-state index contributed by atoms with van der Waals surface area (Å²) in [5.74, 6) is 0.0259. The zero-order chi connectivity index (χ0) is 18.9. The number of sulfonamides is 1. The molecule has 26 heavy (non-hydrogen) atoms. The second-order valence-electron chi connectivity index (χ2n) is 6.38. The number of ketones is 1. The molecule has 0 fully saturated rings. The van der Waals surface area contributed by atoms with E-state index in [0.717, 1.165) is 16.5 Å². The molecule has 0 spiro atoms. The van der Waals surface area contributed by atoms with Crippen LogP contribution in [0.25, 0.3) is 10.9 Å². The predicted octanol–water partition coefficient (Wildman–Crippen LogP) is 2.69. The summed E-state index contributed by atoms with van der Waals surface area (Å²) in [5.41, 5.74) is 2.51. The maximum Gasteiger partial charge on any atom is 0.238 e. The third-order valence-electron chi connectivity index (χ3n) is 4.63. The van der Waals surface area contributed by atoms with Crippen LogP contribution in [0, 0.1) is 0 Å². The average Bonchev–Trinajstić information content (AvgIpc) is 3.04. The molecule has 0 radical (unpaired) electrons. The number of carbonyl (C=O) groups is 1. The number of hydrogen-bond donors (Lipinski definition) is 2. The van der Waals surface area contributed by atoms with Crippen molar-refractivity contribution in [2.75, 3.05) is 13.6 Å². The maximum absolute atomic E-state index is 12.7. The van der Waals surface area contributed by atoms with Gasteiger partial charge in [0.15, 0.2) is 5.78 Å². The molecule has 1 atom stereocenters. The second kappa shape index (κ2) is 7.03. The van der Waals surface area contributed by atoms with E-state index in [1.165, 1.54) is 12.1 Å². The smallest absolute Gasteiger partial charge is 0.238 e. The largest absolute Gasteiger partial charge is 0.360 e. The monoisotopic (exact) mass is 371 g/mol. The highest BCUT2D eigenvalue weighted by Crippen LogP contribution is 2.22. The number of rotatable bonds is 6. The van der Waals surface area contributed by atoms with E-state index in [-0.39, 0.29) is 23.3 Å². The standard InChI is InChI=1S/C19H21N3O3S/c1-13(14-7-9-15(10-8-14)26(20,24)25)22(2)12-19(23)17-11-21-18-6-4-3-5-16(17)18/h3-11,13,21H,12H2,1-2H3,(H2,20,24,25). The summed E-state index contributed by atoms with van der Waals surface area (Å²) < 4.78 is 22.7. The van der Waals surface area contributed by atoms with Crippen LogP contribution in [0.1, 0.15) is 28.9 Å². The Morgan fingerprint density at radius 2 is 1.81 bits per heavy atom. The lowest BCUT2D eigenvalue weighted by Crippen LogP contribution is -2.28. The number of nitrogens with two attached hydrogens (primary N) is 1. The first-order chi connectivity index (χ1) is 12.3. The van der Waals surface area contributed by atoms with Gasteiger partial charge in [0, 0.05) is 28.7 Å². The van der Waals surface area contributed by atoms with Crippen molar-refractivity contribution in [3.05, 3.63) is 65.9 Å². The normalized spacial score (nSPS) is 13.2. The zero-order valence-electron chi connectivity index (χ0n) is 14.6. The number of fused-ring (bicyclic) bond motifs is 1. The molecule has 136 valence electrons. The molecule has 1 heterocycles. The first-order valence-corrected chi connectivity index (χ1v) is 9.74. The van der Waals surface area contributed by atoms with Gasteiger partial charge >= 0.3 is 0 Å². The van der Waals surface area contributed by atoms with Crippen molar-refractivity contribution in [3.8, 4) is 0 Å². The Hall–Kier alpha value is -2.48. The lowest BCUT2D eigenvalue weighted by Gasteiger charge is -2.24. The number of H-pyrrole nitrogens is 1. The zero-order valence-corrected chi connectivity index (χ0v) is 15.5. The van der Waals surface area contributed by atoms with Crippen molar-refractivity contribution in [3.63, 3.8) is 0 Å². The molecule has 3 N–H and O–H groups in total. The quantitative estimate of drug-likeness (QED) is 0.651. The van der Waals surface area contributed by atoms with E-state index in [2.05, 4.69) is 4.98 Å². The molecule has 0 aliphatic carbocycles. The number of carbonyl (C=O) groups excluding carboxylic acids is 1. The van der Waals surface area contributed by atoms with Gasteiger partial charge in [0.1, 0.15) is 0 Å². The number of benzene rings is 2. The summed E-state index contributed by atoms with van der Waals surface area (Å²) in [6, 6.07) is 14.0. The van der Waals surface area contributed by atoms with Crippen molar-refractivity contribution < 1.29 is 13.2 Å². The Morgan fingerprint density at radius 3 is 2.46 bits per heavy atom. The van der Waals surface area contributed by atoms with Gasteiger partial charge in [-0.2, -0.15) is 0 Å². The number of aromatic amines is 1. The summed E-state index contributed by atoms with van der Waals surface area (Å²) in [4.78, 5) is 17.8. The SMILES string of the molecule is CC(c1ccc(S(N)(=O)=O)cc1)N(C)CC(=O)c1c[nH]c2ccccc12. The van der Waals surface area contributed by atoms with E-state index in [1.807, 2.05) is 43.1 Å². The van der Waals surface area contributed by atoms with Gasteiger partial charge in [-0.05, 0) is 37.7 Å². The molecule has 0 aliphatic heterocycles. The van der Waals surface area contributed by atoms with Crippen LogP contribution in [0.3, 0.4) is 0 Å². The molecule has 0 saturated carbocycles. The minimum atomic E-state index is -3.71. The Bertz CT molecular complexity index is 1040. The first-order valence-electron chi connectivity index (χ1n) is 8.19. The van der Waals surface area contributed by atoms with Gasteiger partial charge in [0.05, 0.1) is 11.4 Å². The van der Waals surface area contributed by atoms with Crippen molar-refractivity contribution in [1.29, 1.82) is 0 Å². The van der Waals surface area contributed by atoms with Crippen LogP contribution in [0.4, 0.5) is 0 Å². The molecule has 1 aromatic heterocycles. The van der Waals surface area contributed by atoms with Gasteiger partial charge in [-0.3, -0.25) is 9.69 Å². The van der Waals surface area contributed by atoms with Crippen molar-refractivity contribution in [1.82, 2.24) is 9.88 Å². The molecular formula is C19H21N3O3S. The van der Waals surface area contributed by atoms with Crippen LogP contribution in [-0.4, -0.2) is 37.7 Å². The summed E-state index contributed by atoms with van der Waals surface area (Å²) in [6.45, 7) is 2.22. The molecule has 0 aliphatic rings. The van der Waals surface area contributed by atoms with Crippen molar-refractivity contribution in [2.24, 2.45) is 5.14 Å². The van der Waals surface area contributed by atoms with Crippen LogP contribution in [0.15, 0.2) is 59.6 Å². The molecule has 3 aromatic rings. The topological polar surface area (TPSA) is 96.3 Å². The fourth-order valence-corrected chi connectivity index (χ4v) is 3.46. The van der Waals surface area contributed by atoms with Gasteiger partial charge < -0.3 is 4.98 Å². The second-order valence-corrected chi connectivity index (χ2v) is 7.94. The number of primary sulfonamides is 1. The Balaban J connectivity index is 1.74. The molecule has 0 amide bonds. The van der Waals surface area contributed by atoms with E-state index in [0.29, 0.717) is 5.56 Å². The van der Waals surface area contributed by atoms with Gasteiger partial charge in [-0.15, -0.1) is 0 Å². The Kier molecular flexibility index (Phi) is 4.95. The molecule has 2 aromatic carbocycles. The van der Waals surface area contributed by atoms with Crippen LogP contribution < -0.4 is 5.14 Å². The lowest BCUT2D eigenvalue weighted by atomic mass is 10.1. The number of likely N-dealkylation sites (N-methyl/N-ethyl adjacent to an activating group) is 1. The van der Waals surface area contributed by atoms with Crippen LogP contribution in [0.2, 0.25) is 0 Å². The van der Waals surface area contributed by atoms with Gasteiger partial charge in [-0.25, -0.2) is 13.6 Å². The van der Waals surface area contributed by atoms with Gasteiger partial charge in [-0.1, -0.05) is 30.3 Å². The van der Waals surface area contributed by atoms with Crippen molar-refractivity contribution in [2.45, 2.75) is 17.9 Å². The summed E-state index contributed by atoms with van der Waals surface area (Å²) in [6.07, 6.45) is 1.74.